The molecule has 116 valence electrons. The summed E-state index contributed by atoms with van der Waals surface area (Å²) in [6.45, 7) is 2.94. The maximum absolute atomic E-state index is 4.42. The first-order valence-electron chi connectivity index (χ1n) is 7.56. The summed E-state index contributed by atoms with van der Waals surface area (Å²) in [4.78, 5) is 19.5. The highest BCUT2D eigenvalue weighted by Crippen LogP contribution is 2.19. The molecule has 5 heteroatoms. The van der Waals surface area contributed by atoms with Gasteiger partial charge in [0.15, 0.2) is 5.82 Å². The Balaban J connectivity index is 1.68. The van der Waals surface area contributed by atoms with E-state index in [4.69, 9.17) is 0 Å². The first-order chi connectivity index (χ1) is 11.2. The zero-order chi connectivity index (χ0) is 16.1. The van der Waals surface area contributed by atoms with Crippen LogP contribution >= 0.6 is 0 Å². The Morgan fingerprint density at radius 3 is 2.43 bits per heavy atom. The Hall–Kier alpha value is -2.66. The summed E-state index contributed by atoms with van der Waals surface area (Å²) in [5.74, 6) is 0.650. The van der Waals surface area contributed by atoms with Gasteiger partial charge in [0.1, 0.15) is 5.69 Å². The standard InChI is InChI=1S/C18H19N5/c1-14(16-6-5-8-19-12-16)23(2)13-15-10-21-18(22-11-15)17-7-3-4-9-20-17/h3-12,14H,13H2,1-2H3/t14-/m1/s1. The number of hydrogen-bond donors (Lipinski definition) is 0. The van der Waals surface area contributed by atoms with E-state index in [1.54, 1.807) is 12.4 Å². The van der Waals surface area contributed by atoms with E-state index < -0.39 is 0 Å². The molecule has 0 saturated heterocycles. The lowest BCUT2D eigenvalue weighted by Crippen LogP contribution is -2.22. The van der Waals surface area contributed by atoms with Crippen molar-refractivity contribution >= 4 is 0 Å². The molecular weight excluding hydrogens is 286 g/mol. The second kappa shape index (κ2) is 7.07. The van der Waals surface area contributed by atoms with Crippen LogP contribution in [0.15, 0.2) is 61.3 Å². The summed E-state index contributed by atoms with van der Waals surface area (Å²) in [6.07, 6.45) is 9.17. The molecule has 0 spiro atoms. The molecular formula is C18H19N5. The Morgan fingerprint density at radius 1 is 0.957 bits per heavy atom. The average molecular weight is 305 g/mol. The van der Waals surface area contributed by atoms with Gasteiger partial charge in [-0.05, 0) is 37.7 Å². The van der Waals surface area contributed by atoms with Gasteiger partial charge in [0.2, 0.25) is 0 Å². The Bertz CT molecular complexity index is 728. The minimum atomic E-state index is 0.277. The zero-order valence-electron chi connectivity index (χ0n) is 13.3. The zero-order valence-corrected chi connectivity index (χ0v) is 13.3. The Kier molecular flexibility index (Phi) is 4.68. The van der Waals surface area contributed by atoms with Crippen molar-refractivity contribution in [3.05, 3.63) is 72.4 Å². The molecule has 3 aromatic rings. The molecule has 0 aliphatic rings. The Labute approximate surface area is 136 Å². The van der Waals surface area contributed by atoms with Gasteiger partial charge in [-0.1, -0.05) is 12.1 Å². The van der Waals surface area contributed by atoms with Crippen molar-refractivity contribution < 1.29 is 0 Å². The van der Waals surface area contributed by atoms with Gasteiger partial charge in [-0.2, -0.15) is 0 Å². The van der Waals surface area contributed by atoms with Crippen molar-refractivity contribution in [3.8, 4) is 11.5 Å². The van der Waals surface area contributed by atoms with Crippen molar-refractivity contribution in [2.75, 3.05) is 7.05 Å². The first-order valence-corrected chi connectivity index (χ1v) is 7.56. The molecule has 0 aliphatic heterocycles. The molecule has 0 N–H and O–H groups in total. The molecule has 3 heterocycles. The highest BCUT2D eigenvalue weighted by atomic mass is 15.1. The fourth-order valence-electron chi connectivity index (χ4n) is 2.37. The maximum atomic E-state index is 4.42. The molecule has 3 aromatic heterocycles. The maximum Gasteiger partial charge on any atom is 0.178 e. The molecule has 0 aromatic carbocycles. The van der Waals surface area contributed by atoms with E-state index in [9.17, 15) is 0 Å². The molecule has 0 radical (unpaired) electrons. The van der Waals surface area contributed by atoms with Crippen LogP contribution in [0.4, 0.5) is 0 Å². The quantitative estimate of drug-likeness (QED) is 0.725. The van der Waals surface area contributed by atoms with Crippen LogP contribution < -0.4 is 0 Å². The van der Waals surface area contributed by atoms with Crippen LogP contribution in [0.2, 0.25) is 0 Å². The monoisotopic (exact) mass is 305 g/mol. The molecule has 1 atom stereocenters. The first kappa shape index (κ1) is 15.2. The molecule has 0 amide bonds. The van der Waals surface area contributed by atoms with E-state index in [-0.39, 0.29) is 6.04 Å². The fourth-order valence-corrected chi connectivity index (χ4v) is 2.37. The summed E-state index contributed by atoms with van der Waals surface area (Å²) in [6, 6.07) is 10.1. The number of rotatable bonds is 5. The number of nitrogens with zero attached hydrogens (tertiary/aromatic N) is 5. The second-order valence-electron chi connectivity index (χ2n) is 5.51. The third-order valence-corrected chi connectivity index (χ3v) is 3.86. The van der Waals surface area contributed by atoms with Crippen molar-refractivity contribution in [3.63, 3.8) is 0 Å². The lowest BCUT2D eigenvalue weighted by Gasteiger charge is -2.24. The predicted molar refractivity (Wildman–Crippen MR) is 89.4 cm³/mol. The van der Waals surface area contributed by atoms with E-state index in [1.165, 1.54) is 5.56 Å². The molecule has 0 fully saturated rings. The Morgan fingerprint density at radius 2 is 1.78 bits per heavy atom. The molecule has 0 aliphatic carbocycles. The van der Waals surface area contributed by atoms with Crippen LogP contribution in [0.5, 0.6) is 0 Å². The third-order valence-electron chi connectivity index (χ3n) is 3.86. The highest BCUT2D eigenvalue weighted by Gasteiger charge is 2.12. The highest BCUT2D eigenvalue weighted by molar-refractivity contribution is 5.47. The fraction of sp³-hybridized carbons (Fsp3) is 0.222. The lowest BCUT2D eigenvalue weighted by atomic mass is 10.1. The molecule has 0 unspecified atom stereocenters. The van der Waals surface area contributed by atoms with E-state index in [0.29, 0.717) is 5.82 Å². The largest absolute Gasteiger partial charge is 0.295 e. The summed E-state index contributed by atoms with van der Waals surface area (Å²) in [5.41, 5.74) is 3.06. The SMILES string of the molecule is C[C@H](c1cccnc1)N(C)Cc1cnc(-c2ccccn2)nc1. The number of pyridine rings is 2. The van der Waals surface area contributed by atoms with Gasteiger partial charge in [-0.3, -0.25) is 14.9 Å². The van der Waals surface area contributed by atoms with E-state index in [0.717, 1.165) is 17.8 Å². The van der Waals surface area contributed by atoms with Crippen molar-refractivity contribution in [1.82, 2.24) is 24.8 Å². The summed E-state index contributed by atoms with van der Waals surface area (Å²) in [7, 11) is 2.09. The van der Waals surface area contributed by atoms with Crippen LogP contribution in [0, 0.1) is 0 Å². The smallest absolute Gasteiger partial charge is 0.178 e. The van der Waals surface area contributed by atoms with Gasteiger partial charge in [0.25, 0.3) is 0 Å². The van der Waals surface area contributed by atoms with Crippen LogP contribution in [0.1, 0.15) is 24.1 Å². The van der Waals surface area contributed by atoms with E-state index in [2.05, 4.69) is 44.9 Å². The van der Waals surface area contributed by atoms with Gasteiger partial charge in [-0.25, -0.2) is 9.97 Å². The normalized spacial score (nSPS) is 12.3. The molecule has 3 rings (SSSR count). The van der Waals surface area contributed by atoms with Crippen LogP contribution in [0.25, 0.3) is 11.5 Å². The van der Waals surface area contributed by atoms with Crippen LogP contribution in [0.3, 0.4) is 0 Å². The van der Waals surface area contributed by atoms with Crippen molar-refractivity contribution in [2.24, 2.45) is 0 Å². The van der Waals surface area contributed by atoms with Crippen LogP contribution in [-0.2, 0) is 6.54 Å². The molecule has 23 heavy (non-hydrogen) atoms. The lowest BCUT2D eigenvalue weighted by molar-refractivity contribution is 0.252. The van der Waals surface area contributed by atoms with Crippen molar-refractivity contribution in [2.45, 2.75) is 19.5 Å². The van der Waals surface area contributed by atoms with Gasteiger partial charge >= 0.3 is 0 Å². The second-order valence-corrected chi connectivity index (χ2v) is 5.51. The summed E-state index contributed by atoms with van der Waals surface area (Å²) < 4.78 is 0. The number of hydrogen-bond acceptors (Lipinski definition) is 5. The molecule has 0 bridgehead atoms. The average Bonchev–Trinajstić information content (AvgIpc) is 2.63. The third kappa shape index (κ3) is 3.76. The molecule has 5 nitrogen and oxygen atoms in total. The predicted octanol–water partition coefficient (Wildman–Crippen LogP) is 3.13. The number of aromatic nitrogens is 4. The van der Waals surface area contributed by atoms with E-state index in [1.807, 2.05) is 42.9 Å². The van der Waals surface area contributed by atoms with Gasteiger partial charge in [-0.15, -0.1) is 0 Å². The van der Waals surface area contributed by atoms with Gasteiger partial charge in [0, 0.05) is 49.1 Å². The molecule has 0 saturated carbocycles. The topological polar surface area (TPSA) is 54.8 Å². The van der Waals surface area contributed by atoms with Gasteiger partial charge in [0.05, 0.1) is 0 Å². The minimum Gasteiger partial charge on any atom is -0.295 e. The summed E-state index contributed by atoms with van der Waals surface area (Å²) >= 11 is 0. The minimum absolute atomic E-state index is 0.277. The van der Waals surface area contributed by atoms with Crippen LogP contribution in [-0.4, -0.2) is 31.9 Å². The summed E-state index contributed by atoms with van der Waals surface area (Å²) in [5, 5.41) is 0. The van der Waals surface area contributed by atoms with E-state index >= 15 is 0 Å². The van der Waals surface area contributed by atoms with Crippen molar-refractivity contribution in [1.29, 1.82) is 0 Å². The van der Waals surface area contributed by atoms with Gasteiger partial charge < -0.3 is 0 Å².